The fraction of sp³-hybridized carbons (Fsp3) is 0.526. The van der Waals surface area contributed by atoms with E-state index >= 15 is 0 Å². The molecule has 138 valence electrons. The molecule has 1 aromatic carbocycles. The van der Waals surface area contributed by atoms with E-state index in [1.165, 1.54) is 6.42 Å². The Hall–Kier alpha value is -2.25. The highest BCUT2D eigenvalue weighted by molar-refractivity contribution is 6.05. The normalized spacial score (nSPS) is 26.0. The molecule has 26 heavy (non-hydrogen) atoms. The van der Waals surface area contributed by atoms with E-state index in [4.69, 9.17) is 0 Å². The van der Waals surface area contributed by atoms with Crippen LogP contribution in [0.15, 0.2) is 18.2 Å². The zero-order valence-corrected chi connectivity index (χ0v) is 14.7. The lowest BCUT2D eigenvalue weighted by atomic mass is 10.0. The number of piperidine rings is 2. The van der Waals surface area contributed by atoms with E-state index in [0.717, 1.165) is 30.6 Å². The molecule has 3 aliphatic rings. The van der Waals surface area contributed by atoms with E-state index in [2.05, 4.69) is 16.0 Å². The number of rotatable bonds is 4. The molecule has 3 aliphatic heterocycles. The maximum Gasteiger partial charge on any atom is 0.255 e. The number of fused-ring (bicyclic) bond motifs is 1. The third-order valence-electron chi connectivity index (χ3n) is 5.56. The molecule has 3 heterocycles. The summed E-state index contributed by atoms with van der Waals surface area (Å²) in [5.74, 6) is -0.743. The molecule has 3 N–H and O–H groups in total. The molecular formula is C19H24N4O3. The van der Waals surface area contributed by atoms with Gasteiger partial charge in [0.15, 0.2) is 0 Å². The van der Waals surface area contributed by atoms with Crippen LogP contribution in [0.3, 0.4) is 0 Å². The minimum atomic E-state index is -0.559. The summed E-state index contributed by atoms with van der Waals surface area (Å²) in [7, 11) is 0. The van der Waals surface area contributed by atoms with Crippen molar-refractivity contribution in [3.8, 4) is 0 Å². The number of hydrogen-bond acceptors (Lipinski definition) is 5. The van der Waals surface area contributed by atoms with Crippen LogP contribution >= 0.6 is 0 Å². The van der Waals surface area contributed by atoms with Crippen molar-refractivity contribution in [2.24, 2.45) is 0 Å². The van der Waals surface area contributed by atoms with Crippen molar-refractivity contribution in [3.05, 3.63) is 34.9 Å². The highest BCUT2D eigenvalue weighted by Crippen LogP contribution is 2.29. The molecule has 0 aliphatic carbocycles. The molecule has 7 nitrogen and oxygen atoms in total. The van der Waals surface area contributed by atoms with Crippen LogP contribution < -0.4 is 16.0 Å². The summed E-state index contributed by atoms with van der Waals surface area (Å²) < 4.78 is 0. The molecule has 4 rings (SSSR count). The van der Waals surface area contributed by atoms with Crippen LogP contribution in [0.5, 0.6) is 0 Å². The van der Waals surface area contributed by atoms with E-state index in [9.17, 15) is 14.4 Å². The second kappa shape index (κ2) is 7.17. The largest absolute Gasteiger partial charge is 0.322 e. The molecule has 7 heteroatoms. The minimum absolute atomic E-state index is 0.115. The molecule has 0 bridgehead atoms. The number of nitrogens with one attached hydrogen (secondary N) is 3. The van der Waals surface area contributed by atoms with Crippen molar-refractivity contribution in [2.45, 2.75) is 50.9 Å². The van der Waals surface area contributed by atoms with Gasteiger partial charge in [-0.2, -0.15) is 0 Å². The molecule has 0 spiro atoms. The molecule has 1 aromatic rings. The summed E-state index contributed by atoms with van der Waals surface area (Å²) in [6.45, 7) is 3.19. The van der Waals surface area contributed by atoms with Crippen LogP contribution in [0.4, 0.5) is 0 Å². The number of carbonyl (C=O) groups excluding carboxylic acids is 3. The smallest absolute Gasteiger partial charge is 0.255 e. The zero-order chi connectivity index (χ0) is 18.1. The van der Waals surface area contributed by atoms with E-state index < -0.39 is 6.04 Å². The van der Waals surface area contributed by atoms with Crippen LogP contribution in [0, 0.1) is 0 Å². The number of amides is 3. The summed E-state index contributed by atoms with van der Waals surface area (Å²) in [6.07, 6.45) is 3.00. The van der Waals surface area contributed by atoms with Gasteiger partial charge in [0.2, 0.25) is 11.8 Å². The van der Waals surface area contributed by atoms with Crippen LogP contribution in [0.2, 0.25) is 0 Å². The Bertz CT molecular complexity index is 742. The summed E-state index contributed by atoms with van der Waals surface area (Å²) >= 11 is 0. The number of carbonyl (C=O) groups is 3. The molecule has 2 saturated heterocycles. The van der Waals surface area contributed by atoms with Crippen LogP contribution in [-0.4, -0.2) is 47.8 Å². The lowest BCUT2D eigenvalue weighted by molar-refractivity contribution is -0.136. The Morgan fingerprint density at radius 2 is 2.08 bits per heavy atom. The predicted molar refractivity (Wildman–Crippen MR) is 95.2 cm³/mol. The fourth-order valence-electron chi connectivity index (χ4n) is 4.10. The maximum absolute atomic E-state index is 12.8. The molecule has 1 unspecified atom stereocenters. The minimum Gasteiger partial charge on any atom is -0.322 e. The molecule has 0 radical (unpaired) electrons. The van der Waals surface area contributed by atoms with Crippen LogP contribution in [-0.2, 0) is 22.7 Å². The van der Waals surface area contributed by atoms with E-state index in [1.54, 1.807) is 4.90 Å². The van der Waals surface area contributed by atoms with Gasteiger partial charge in [0.1, 0.15) is 6.04 Å². The second-order valence-corrected chi connectivity index (χ2v) is 7.27. The fourth-order valence-corrected chi connectivity index (χ4v) is 4.10. The van der Waals surface area contributed by atoms with Gasteiger partial charge in [-0.05, 0) is 43.0 Å². The molecule has 0 aromatic heterocycles. The standard InChI is InChI=1S/C19H24N4O3/c24-17-7-6-16(18(25)22-17)23-11-15-12(3-1-5-14(15)19(23)26)9-21-13-4-2-8-20-10-13/h1,3,5,13,16,20-21H,2,4,6-11H2,(H,22,24,25)/t13-,16?/m0/s1. The first-order valence-electron chi connectivity index (χ1n) is 9.33. The average Bonchev–Trinajstić information content (AvgIpc) is 2.98. The summed E-state index contributed by atoms with van der Waals surface area (Å²) in [6, 6.07) is 5.67. The number of benzene rings is 1. The SMILES string of the molecule is O=C1CCC(N2Cc3c(CN[C@H]4CCCNC4)cccc3C2=O)C(=O)N1. The first-order valence-corrected chi connectivity index (χ1v) is 9.33. The zero-order valence-electron chi connectivity index (χ0n) is 14.7. The van der Waals surface area contributed by atoms with Gasteiger partial charge in [-0.1, -0.05) is 12.1 Å². The Labute approximate surface area is 152 Å². The topological polar surface area (TPSA) is 90.5 Å². The van der Waals surface area contributed by atoms with Crippen molar-refractivity contribution in [1.29, 1.82) is 0 Å². The highest BCUT2D eigenvalue weighted by Gasteiger charge is 2.39. The molecule has 2 fully saturated rings. The summed E-state index contributed by atoms with van der Waals surface area (Å²) in [5, 5.41) is 9.31. The number of hydrogen-bond donors (Lipinski definition) is 3. The number of imide groups is 1. The van der Waals surface area contributed by atoms with Crippen molar-refractivity contribution in [3.63, 3.8) is 0 Å². The first kappa shape index (κ1) is 17.2. The maximum atomic E-state index is 12.8. The molecule has 3 amide bonds. The Kier molecular flexibility index (Phi) is 4.74. The van der Waals surface area contributed by atoms with Gasteiger partial charge in [-0.3, -0.25) is 19.7 Å². The third-order valence-corrected chi connectivity index (χ3v) is 5.56. The van der Waals surface area contributed by atoms with Crippen molar-refractivity contribution < 1.29 is 14.4 Å². The third kappa shape index (κ3) is 3.24. The second-order valence-electron chi connectivity index (χ2n) is 7.27. The Morgan fingerprint density at radius 3 is 2.85 bits per heavy atom. The Balaban J connectivity index is 1.48. The van der Waals surface area contributed by atoms with Crippen LogP contribution in [0.25, 0.3) is 0 Å². The van der Waals surface area contributed by atoms with Crippen molar-refractivity contribution in [1.82, 2.24) is 20.9 Å². The quantitative estimate of drug-likeness (QED) is 0.675. The number of nitrogens with zero attached hydrogens (tertiary/aromatic N) is 1. The van der Waals surface area contributed by atoms with Crippen LogP contribution in [0.1, 0.15) is 47.2 Å². The predicted octanol–water partition coefficient (Wildman–Crippen LogP) is 0.289. The van der Waals surface area contributed by atoms with E-state index in [1.807, 2.05) is 18.2 Å². The monoisotopic (exact) mass is 356 g/mol. The molecule has 2 atom stereocenters. The van der Waals surface area contributed by atoms with Gasteiger partial charge in [0, 0.05) is 37.7 Å². The van der Waals surface area contributed by atoms with Gasteiger partial charge in [0.25, 0.3) is 5.91 Å². The highest BCUT2D eigenvalue weighted by atomic mass is 16.2. The lowest BCUT2D eigenvalue weighted by Gasteiger charge is -2.29. The van der Waals surface area contributed by atoms with Crippen molar-refractivity contribution in [2.75, 3.05) is 13.1 Å². The van der Waals surface area contributed by atoms with Gasteiger partial charge in [0.05, 0.1) is 0 Å². The van der Waals surface area contributed by atoms with Gasteiger partial charge < -0.3 is 15.5 Å². The van der Waals surface area contributed by atoms with Crippen molar-refractivity contribution >= 4 is 17.7 Å². The van der Waals surface area contributed by atoms with Gasteiger partial charge in [-0.15, -0.1) is 0 Å². The van der Waals surface area contributed by atoms with E-state index in [0.29, 0.717) is 31.1 Å². The summed E-state index contributed by atoms with van der Waals surface area (Å²) in [5.41, 5.74) is 2.78. The Morgan fingerprint density at radius 1 is 1.19 bits per heavy atom. The molecule has 0 saturated carbocycles. The first-order chi connectivity index (χ1) is 12.6. The van der Waals surface area contributed by atoms with Gasteiger partial charge in [-0.25, -0.2) is 0 Å². The molecular weight excluding hydrogens is 332 g/mol. The van der Waals surface area contributed by atoms with Gasteiger partial charge >= 0.3 is 0 Å². The summed E-state index contributed by atoms with van der Waals surface area (Å²) in [4.78, 5) is 38.0. The van der Waals surface area contributed by atoms with E-state index in [-0.39, 0.29) is 24.1 Å². The lowest BCUT2D eigenvalue weighted by Crippen LogP contribution is -2.52. The average molecular weight is 356 g/mol.